The highest BCUT2D eigenvalue weighted by molar-refractivity contribution is 6.68. The highest BCUT2D eigenvalue weighted by Crippen LogP contribution is 2.19. The molecule has 14 heavy (non-hydrogen) atoms. The SMILES string of the molecule is N#C/C=C\c1cc(Cl)ccc1C(=O)Cl. The van der Waals surface area contributed by atoms with E-state index in [2.05, 4.69) is 0 Å². The molecule has 0 amide bonds. The zero-order valence-corrected chi connectivity index (χ0v) is 8.51. The number of allylic oxidation sites excluding steroid dienone is 1. The number of nitriles is 1. The van der Waals surface area contributed by atoms with Crippen molar-refractivity contribution in [1.82, 2.24) is 0 Å². The van der Waals surface area contributed by atoms with Gasteiger partial charge in [-0.3, -0.25) is 4.79 Å². The average molecular weight is 226 g/mol. The van der Waals surface area contributed by atoms with Crippen LogP contribution in [0.3, 0.4) is 0 Å². The molecule has 0 N–H and O–H groups in total. The third-order valence-corrected chi connectivity index (χ3v) is 2.00. The lowest BCUT2D eigenvalue weighted by atomic mass is 10.1. The largest absolute Gasteiger partial charge is 0.276 e. The predicted molar refractivity (Wildman–Crippen MR) is 56.3 cm³/mol. The molecule has 70 valence electrons. The Morgan fingerprint density at radius 3 is 2.79 bits per heavy atom. The van der Waals surface area contributed by atoms with E-state index in [1.165, 1.54) is 18.2 Å². The number of carbonyl (C=O) groups excluding carboxylic acids is 1. The number of carbonyl (C=O) groups is 1. The molecule has 0 radical (unpaired) electrons. The van der Waals surface area contributed by atoms with Gasteiger partial charge in [0.2, 0.25) is 0 Å². The first-order valence-corrected chi connectivity index (χ1v) is 4.46. The third-order valence-electron chi connectivity index (χ3n) is 1.56. The maximum absolute atomic E-state index is 10.9. The lowest BCUT2D eigenvalue weighted by Gasteiger charge is -2.00. The van der Waals surface area contributed by atoms with E-state index in [0.717, 1.165) is 0 Å². The van der Waals surface area contributed by atoms with Crippen LogP contribution in [0.15, 0.2) is 24.3 Å². The third kappa shape index (κ3) is 2.59. The van der Waals surface area contributed by atoms with Gasteiger partial charge in [-0.2, -0.15) is 5.26 Å². The Morgan fingerprint density at radius 2 is 2.21 bits per heavy atom. The Bertz CT molecular complexity index is 432. The van der Waals surface area contributed by atoms with Crippen molar-refractivity contribution in [2.24, 2.45) is 0 Å². The predicted octanol–water partition coefficient (Wildman–Crippen LogP) is 3.26. The van der Waals surface area contributed by atoms with Crippen LogP contribution in [0.5, 0.6) is 0 Å². The van der Waals surface area contributed by atoms with Gasteiger partial charge in [0.1, 0.15) is 0 Å². The summed E-state index contributed by atoms with van der Waals surface area (Å²) >= 11 is 11.1. The standard InChI is InChI=1S/C10H5Cl2NO/c11-8-3-4-9(10(12)14)7(6-8)2-1-5-13/h1-4,6H/b2-1-. The van der Waals surface area contributed by atoms with Gasteiger partial charge >= 0.3 is 0 Å². The second-order valence-corrected chi connectivity index (χ2v) is 3.25. The Labute approximate surface area is 91.4 Å². The minimum atomic E-state index is -0.570. The van der Waals surface area contributed by atoms with E-state index in [0.29, 0.717) is 16.1 Å². The molecule has 0 aromatic heterocycles. The van der Waals surface area contributed by atoms with Crippen LogP contribution in [-0.4, -0.2) is 5.24 Å². The van der Waals surface area contributed by atoms with E-state index in [4.69, 9.17) is 28.5 Å². The maximum atomic E-state index is 10.9. The van der Waals surface area contributed by atoms with Crippen molar-refractivity contribution in [3.63, 3.8) is 0 Å². The molecule has 4 heteroatoms. The molecule has 1 aromatic carbocycles. The molecular formula is C10H5Cl2NO. The Balaban J connectivity index is 3.24. The number of halogens is 2. The zero-order chi connectivity index (χ0) is 10.6. The van der Waals surface area contributed by atoms with Crippen LogP contribution in [-0.2, 0) is 0 Å². The van der Waals surface area contributed by atoms with Gasteiger partial charge in [-0.25, -0.2) is 0 Å². The summed E-state index contributed by atoms with van der Waals surface area (Å²) in [5.74, 6) is 0. The first-order valence-electron chi connectivity index (χ1n) is 3.70. The summed E-state index contributed by atoms with van der Waals surface area (Å²) in [6.45, 7) is 0. The van der Waals surface area contributed by atoms with Crippen molar-refractivity contribution < 1.29 is 4.79 Å². The average Bonchev–Trinajstić information content (AvgIpc) is 2.14. The second-order valence-electron chi connectivity index (χ2n) is 2.47. The van der Waals surface area contributed by atoms with Crippen LogP contribution >= 0.6 is 23.2 Å². The first-order chi connectivity index (χ1) is 6.65. The molecule has 0 aliphatic heterocycles. The number of hydrogen-bond acceptors (Lipinski definition) is 2. The fourth-order valence-electron chi connectivity index (χ4n) is 0.978. The molecule has 1 rings (SSSR count). The fraction of sp³-hybridized carbons (Fsp3) is 0. The van der Waals surface area contributed by atoms with Crippen LogP contribution < -0.4 is 0 Å². The Hall–Kier alpha value is -1.30. The van der Waals surface area contributed by atoms with Gasteiger partial charge < -0.3 is 0 Å². The second kappa shape index (κ2) is 4.80. The van der Waals surface area contributed by atoms with E-state index in [1.54, 1.807) is 12.1 Å². The van der Waals surface area contributed by atoms with Crippen molar-refractivity contribution >= 4 is 34.5 Å². The molecular weight excluding hydrogens is 221 g/mol. The first kappa shape index (κ1) is 10.8. The molecule has 0 aliphatic rings. The lowest BCUT2D eigenvalue weighted by molar-refractivity contribution is 0.108. The topological polar surface area (TPSA) is 40.9 Å². The summed E-state index contributed by atoms with van der Waals surface area (Å²) < 4.78 is 0. The summed E-state index contributed by atoms with van der Waals surface area (Å²) in [5.41, 5.74) is 0.876. The van der Waals surface area contributed by atoms with Crippen molar-refractivity contribution in [2.45, 2.75) is 0 Å². The van der Waals surface area contributed by atoms with Crippen molar-refractivity contribution in [3.05, 3.63) is 40.4 Å². The Morgan fingerprint density at radius 1 is 1.50 bits per heavy atom. The van der Waals surface area contributed by atoms with E-state index >= 15 is 0 Å². The zero-order valence-electron chi connectivity index (χ0n) is 7.00. The van der Waals surface area contributed by atoms with Crippen molar-refractivity contribution in [2.75, 3.05) is 0 Å². The number of nitrogens with zero attached hydrogens (tertiary/aromatic N) is 1. The molecule has 0 saturated carbocycles. The molecule has 0 bridgehead atoms. The fourth-order valence-corrected chi connectivity index (χ4v) is 1.33. The van der Waals surface area contributed by atoms with E-state index in [-0.39, 0.29) is 0 Å². The maximum Gasteiger partial charge on any atom is 0.252 e. The molecule has 1 aromatic rings. The number of hydrogen-bond donors (Lipinski definition) is 0. The summed E-state index contributed by atoms with van der Waals surface area (Å²) in [4.78, 5) is 10.9. The van der Waals surface area contributed by atoms with Gasteiger partial charge in [0.05, 0.1) is 6.07 Å². The summed E-state index contributed by atoms with van der Waals surface area (Å²) in [6, 6.07) is 6.49. The Kier molecular flexibility index (Phi) is 3.70. The summed E-state index contributed by atoms with van der Waals surface area (Å²) in [5, 5.41) is 8.26. The minimum absolute atomic E-state index is 0.336. The van der Waals surface area contributed by atoms with Gasteiger partial charge in [-0.15, -0.1) is 0 Å². The summed E-state index contributed by atoms with van der Waals surface area (Å²) in [7, 11) is 0. The van der Waals surface area contributed by atoms with Gasteiger partial charge in [0.25, 0.3) is 5.24 Å². The van der Waals surface area contributed by atoms with Crippen molar-refractivity contribution in [1.29, 1.82) is 5.26 Å². The highest BCUT2D eigenvalue weighted by atomic mass is 35.5. The molecule has 0 unspecified atom stereocenters. The van der Waals surface area contributed by atoms with E-state index in [9.17, 15) is 4.79 Å². The van der Waals surface area contributed by atoms with Crippen LogP contribution in [0.25, 0.3) is 6.08 Å². The van der Waals surface area contributed by atoms with Crippen LogP contribution in [0.4, 0.5) is 0 Å². The van der Waals surface area contributed by atoms with Crippen LogP contribution in [0.2, 0.25) is 5.02 Å². The van der Waals surface area contributed by atoms with Gasteiger partial charge in [0, 0.05) is 16.7 Å². The van der Waals surface area contributed by atoms with Gasteiger partial charge in [-0.05, 0) is 41.4 Å². The number of rotatable bonds is 2. The molecule has 0 aliphatic carbocycles. The molecule has 0 heterocycles. The molecule has 0 spiro atoms. The molecule has 0 fully saturated rings. The van der Waals surface area contributed by atoms with Crippen molar-refractivity contribution in [3.8, 4) is 6.07 Å². The lowest BCUT2D eigenvalue weighted by Crippen LogP contribution is -1.92. The molecule has 0 atom stereocenters. The number of benzene rings is 1. The van der Waals surface area contributed by atoms with E-state index < -0.39 is 5.24 Å². The minimum Gasteiger partial charge on any atom is -0.276 e. The highest BCUT2D eigenvalue weighted by Gasteiger charge is 2.06. The van der Waals surface area contributed by atoms with Crippen LogP contribution in [0, 0.1) is 11.3 Å². The monoisotopic (exact) mass is 225 g/mol. The van der Waals surface area contributed by atoms with Gasteiger partial charge in [0.15, 0.2) is 0 Å². The normalized spacial score (nSPS) is 10.1. The summed E-state index contributed by atoms with van der Waals surface area (Å²) in [6.07, 6.45) is 2.75. The molecule has 0 saturated heterocycles. The smallest absolute Gasteiger partial charge is 0.252 e. The quantitative estimate of drug-likeness (QED) is 0.573. The van der Waals surface area contributed by atoms with E-state index in [1.807, 2.05) is 6.07 Å². The van der Waals surface area contributed by atoms with Gasteiger partial charge in [-0.1, -0.05) is 11.6 Å². The molecule has 2 nitrogen and oxygen atoms in total. The van der Waals surface area contributed by atoms with Crippen LogP contribution in [0.1, 0.15) is 15.9 Å².